The Morgan fingerprint density at radius 2 is 1.93 bits per heavy atom. The van der Waals surface area contributed by atoms with E-state index in [2.05, 4.69) is 11.1 Å². The molecular weight excluding hydrogens is 334 g/mol. The molecule has 1 unspecified atom stereocenters. The maximum atomic E-state index is 12.8. The van der Waals surface area contributed by atoms with E-state index in [1.165, 1.54) is 0 Å². The molecule has 0 aliphatic carbocycles. The second kappa shape index (κ2) is 8.29. The Labute approximate surface area is 159 Å². The Kier molecular flexibility index (Phi) is 5.63. The first-order chi connectivity index (χ1) is 13.1. The summed E-state index contributed by atoms with van der Waals surface area (Å²) in [6.07, 6.45) is 5.19. The molecule has 1 amide bonds. The van der Waals surface area contributed by atoms with Crippen molar-refractivity contribution < 1.29 is 4.79 Å². The summed E-state index contributed by atoms with van der Waals surface area (Å²) in [6.45, 7) is 4.56. The Bertz CT molecular complexity index is 1010. The lowest BCUT2D eigenvalue weighted by atomic mass is 10.0. The second-order valence-electron chi connectivity index (χ2n) is 6.29. The van der Waals surface area contributed by atoms with Crippen molar-refractivity contribution >= 4 is 22.9 Å². The third kappa shape index (κ3) is 4.04. The van der Waals surface area contributed by atoms with Gasteiger partial charge in [0.15, 0.2) is 0 Å². The van der Waals surface area contributed by atoms with Gasteiger partial charge in [-0.05, 0) is 43.7 Å². The van der Waals surface area contributed by atoms with Gasteiger partial charge in [-0.15, -0.1) is 0 Å². The average Bonchev–Trinajstić information content (AvgIpc) is 2.72. The van der Waals surface area contributed by atoms with Crippen LogP contribution in [0.4, 0.5) is 0 Å². The molecule has 4 nitrogen and oxygen atoms in total. The van der Waals surface area contributed by atoms with Crippen LogP contribution in [0.2, 0.25) is 0 Å². The van der Waals surface area contributed by atoms with Crippen molar-refractivity contribution in [3.8, 4) is 6.07 Å². The summed E-state index contributed by atoms with van der Waals surface area (Å²) in [4.78, 5) is 19.0. The minimum atomic E-state index is -0.0782. The Hall–Kier alpha value is -3.45. The molecule has 1 atom stereocenters. The topological polar surface area (TPSA) is 57.0 Å². The van der Waals surface area contributed by atoms with Crippen LogP contribution in [0.3, 0.4) is 0 Å². The van der Waals surface area contributed by atoms with E-state index in [4.69, 9.17) is 5.26 Å². The van der Waals surface area contributed by atoms with E-state index in [-0.39, 0.29) is 11.9 Å². The van der Waals surface area contributed by atoms with Crippen molar-refractivity contribution in [1.82, 2.24) is 9.88 Å². The number of carbonyl (C=O) groups excluding carboxylic acids is 1. The molecule has 0 aliphatic rings. The molecule has 134 valence electrons. The summed E-state index contributed by atoms with van der Waals surface area (Å²) < 4.78 is 0. The zero-order valence-electron chi connectivity index (χ0n) is 15.5. The fourth-order valence-corrected chi connectivity index (χ4v) is 3.16. The van der Waals surface area contributed by atoms with Crippen molar-refractivity contribution in [3.63, 3.8) is 0 Å². The predicted molar refractivity (Wildman–Crippen MR) is 108 cm³/mol. The molecule has 0 radical (unpaired) electrons. The zero-order chi connectivity index (χ0) is 19.2. The summed E-state index contributed by atoms with van der Waals surface area (Å²) >= 11 is 0. The summed E-state index contributed by atoms with van der Waals surface area (Å²) in [6, 6.07) is 19.2. The van der Waals surface area contributed by atoms with Crippen LogP contribution in [0.1, 0.15) is 36.6 Å². The molecule has 1 aromatic heterocycles. The third-order valence-corrected chi connectivity index (χ3v) is 4.68. The molecule has 27 heavy (non-hydrogen) atoms. The first-order valence-electron chi connectivity index (χ1n) is 8.96. The molecule has 3 aromatic rings. The van der Waals surface area contributed by atoms with E-state index in [0.29, 0.717) is 12.1 Å². The van der Waals surface area contributed by atoms with Crippen LogP contribution in [-0.4, -0.2) is 22.3 Å². The van der Waals surface area contributed by atoms with Gasteiger partial charge in [0.1, 0.15) is 0 Å². The van der Waals surface area contributed by atoms with Crippen LogP contribution in [0.25, 0.3) is 17.0 Å². The van der Waals surface area contributed by atoms with Gasteiger partial charge in [-0.2, -0.15) is 5.26 Å². The summed E-state index contributed by atoms with van der Waals surface area (Å²) in [5.74, 6) is -0.0534. The molecule has 4 heteroatoms. The summed E-state index contributed by atoms with van der Waals surface area (Å²) in [5, 5.41) is 9.98. The molecule has 0 saturated carbocycles. The maximum Gasteiger partial charge on any atom is 0.247 e. The second-order valence-corrected chi connectivity index (χ2v) is 6.29. The quantitative estimate of drug-likeness (QED) is 0.622. The molecule has 1 heterocycles. The van der Waals surface area contributed by atoms with Gasteiger partial charge in [0, 0.05) is 29.8 Å². The highest BCUT2D eigenvalue weighted by molar-refractivity contribution is 5.95. The highest BCUT2D eigenvalue weighted by Crippen LogP contribution is 2.22. The minimum Gasteiger partial charge on any atom is -0.333 e. The van der Waals surface area contributed by atoms with Crippen molar-refractivity contribution in [2.75, 3.05) is 6.54 Å². The number of hydrogen-bond donors (Lipinski definition) is 0. The van der Waals surface area contributed by atoms with E-state index >= 15 is 0 Å². The number of likely N-dealkylation sites (N-methyl/N-ethyl adjacent to an activating group) is 1. The van der Waals surface area contributed by atoms with E-state index in [0.717, 1.165) is 22.0 Å². The van der Waals surface area contributed by atoms with Crippen molar-refractivity contribution in [2.45, 2.75) is 19.9 Å². The number of aromatic nitrogens is 1. The summed E-state index contributed by atoms with van der Waals surface area (Å²) in [7, 11) is 0. The van der Waals surface area contributed by atoms with Crippen LogP contribution < -0.4 is 0 Å². The standard InChI is InChI=1S/C23H21N3O/c1-3-26(17(2)19-11-9-18(16-24)10-12-19)22(27)14-13-21-7-4-6-20-8-5-15-25-23(20)21/h4-15,17H,3H2,1-2H3/b14-13+. The number of hydrogen-bond acceptors (Lipinski definition) is 3. The van der Waals surface area contributed by atoms with Gasteiger partial charge in [0.05, 0.1) is 23.2 Å². The van der Waals surface area contributed by atoms with E-state index < -0.39 is 0 Å². The fourth-order valence-electron chi connectivity index (χ4n) is 3.16. The predicted octanol–water partition coefficient (Wildman–Crippen LogP) is 4.73. The van der Waals surface area contributed by atoms with Crippen molar-refractivity contribution in [2.24, 2.45) is 0 Å². The number of benzene rings is 2. The number of nitrogens with zero attached hydrogens (tertiary/aromatic N) is 3. The molecule has 2 aromatic carbocycles. The van der Waals surface area contributed by atoms with Crippen molar-refractivity contribution in [3.05, 3.63) is 83.6 Å². The smallest absolute Gasteiger partial charge is 0.247 e. The Morgan fingerprint density at radius 3 is 2.63 bits per heavy atom. The van der Waals surface area contributed by atoms with Gasteiger partial charge in [0.25, 0.3) is 0 Å². The number of rotatable bonds is 5. The molecule has 0 bridgehead atoms. The van der Waals surface area contributed by atoms with E-state index in [1.54, 1.807) is 29.3 Å². The average molecular weight is 355 g/mol. The van der Waals surface area contributed by atoms with Crippen LogP contribution in [0.5, 0.6) is 0 Å². The van der Waals surface area contributed by atoms with Gasteiger partial charge in [0.2, 0.25) is 5.91 Å². The highest BCUT2D eigenvalue weighted by atomic mass is 16.2. The van der Waals surface area contributed by atoms with Gasteiger partial charge in [-0.25, -0.2) is 0 Å². The first kappa shape index (κ1) is 18.3. The molecular formula is C23H21N3O. The largest absolute Gasteiger partial charge is 0.333 e. The van der Waals surface area contributed by atoms with Crippen LogP contribution >= 0.6 is 0 Å². The van der Waals surface area contributed by atoms with Crippen LogP contribution in [0, 0.1) is 11.3 Å². The zero-order valence-corrected chi connectivity index (χ0v) is 15.5. The monoisotopic (exact) mass is 355 g/mol. The van der Waals surface area contributed by atoms with Gasteiger partial charge < -0.3 is 4.90 Å². The lowest BCUT2D eigenvalue weighted by Gasteiger charge is -2.27. The van der Waals surface area contributed by atoms with Crippen LogP contribution in [0.15, 0.2) is 66.9 Å². The minimum absolute atomic E-state index is 0.0534. The first-order valence-corrected chi connectivity index (χ1v) is 8.96. The Balaban J connectivity index is 1.81. The number of para-hydroxylation sites is 1. The van der Waals surface area contributed by atoms with Gasteiger partial charge in [-0.1, -0.05) is 36.4 Å². The fraction of sp³-hybridized carbons (Fsp3) is 0.174. The van der Waals surface area contributed by atoms with Gasteiger partial charge >= 0.3 is 0 Å². The molecule has 0 saturated heterocycles. The molecule has 0 fully saturated rings. The lowest BCUT2D eigenvalue weighted by molar-refractivity contribution is -0.127. The maximum absolute atomic E-state index is 12.8. The van der Waals surface area contributed by atoms with Gasteiger partial charge in [-0.3, -0.25) is 9.78 Å². The van der Waals surface area contributed by atoms with Crippen LogP contribution in [-0.2, 0) is 4.79 Å². The van der Waals surface area contributed by atoms with E-state index in [9.17, 15) is 4.79 Å². The lowest BCUT2D eigenvalue weighted by Crippen LogP contribution is -2.32. The number of fused-ring (bicyclic) bond motifs is 1. The molecule has 0 spiro atoms. The molecule has 3 rings (SSSR count). The number of pyridine rings is 1. The third-order valence-electron chi connectivity index (χ3n) is 4.68. The number of carbonyl (C=O) groups is 1. The SMILES string of the molecule is CCN(C(=O)/C=C/c1cccc2cccnc12)C(C)c1ccc(C#N)cc1. The number of amides is 1. The van der Waals surface area contributed by atoms with E-state index in [1.807, 2.05) is 62.4 Å². The normalized spacial score (nSPS) is 12.0. The molecule has 0 N–H and O–H groups in total. The molecule has 0 aliphatic heterocycles. The Morgan fingerprint density at radius 1 is 1.19 bits per heavy atom. The summed E-state index contributed by atoms with van der Waals surface area (Å²) in [5.41, 5.74) is 3.42. The highest BCUT2D eigenvalue weighted by Gasteiger charge is 2.18. The number of nitriles is 1. The van der Waals surface area contributed by atoms with Crippen molar-refractivity contribution in [1.29, 1.82) is 5.26 Å².